The summed E-state index contributed by atoms with van der Waals surface area (Å²) in [7, 11) is -0.703. The van der Waals surface area contributed by atoms with Crippen molar-refractivity contribution in [2.45, 2.75) is 11.4 Å². The van der Waals surface area contributed by atoms with Crippen LogP contribution in [-0.2, 0) is 26.2 Å². The molecule has 29 heavy (non-hydrogen) atoms. The second-order valence-electron chi connectivity index (χ2n) is 6.18. The normalized spacial score (nSPS) is 11.1. The van der Waals surface area contributed by atoms with E-state index >= 15 is 0 Å². The molecule has 0 saturated carbocycles. The van der Waals surface area contributed by atoms with Crippen molar-refractivity contribution in [3.8, 4) is 11.5 Å². The molecule has 0 aliphatic rings. The zero-order chi connectivity index (χ0) is 21.3. The van der Waals surface area contributed by atoms with Gasteiger partial charge in [0, 0.05) is 25.1 Å². The lowest BCUT2D eigenvalue weighted by atomic mass is 10.2. The Morgan fingerprint density at radius 1 is 1.07 bits per heavy atom. The highest BCUT2D eigenvalue weighted by Crippen LogP contribution is 2.30. The molecule has 0 saturated heterocycles. The molecule has 0 aromatic heterocycles. The number of rotatable bonds is 11. The highest BCUT2D eigenvalue weighted by molar-refractivity contribution is 8.00. The molecule has 158 valence electrons. The fourth-order valence-corrected chi connectivity index (χ4v) is 3.79. The summed E-state index contributed by atoms with van der Waals surface area (Å²) in [6.07, 6.45) is 0.967. The molecule has 0 fully saturated rings. The fourth-order valence-electron chi connectivity index (χ4n) is 2.51. The summed E-state index contributed by atoms with van der Waals surface area (Å²) in [6, 6.07) is 14.6. The number of carbonyl (C=O) groups excluding carboxylic acids is 1. The van der Waals surface area contributed by atoms with Crippen molar-refractivity contribution < 1.29 is 26.9 Å². The number of hydrogen-bond donors (Lipinski definition) is 0. The van der Waals surface area contributed by atoms with Crippen molar-refractivity contribution in [2.75, 3.05) is 39.4 Å². The van der Waals surface area contributed by atoms with Gasteiger partial charge in [-0.2, -0.15) is 8.42 Å². The van der Waals surface area contributed by atoms with Gasteiger partial charge >= 0.3 is 10.1 Å². The zero-order valence-corrected chi connectivity index (χ0v) is 18.3. The summed E-state index contributed by atoms with van der Waals surface area (Å²) < 4.78 is 38.3. The molecule has 2 aromatic rings. The summed E-state index contributed by atoms with van der Waals surface area (Å²) in [6.45, 7) is 1.10. The lowest BCUT2D eigenvalue weighted by Gasteiger charge is -2.23. The van der Waals surface area contributed by atoms with Gasteiger partial charge in [0.2, 0.25) is 5.91 Å². The predicted octanol–water partition coefficient (Wildman–Crippen LogP) is 2.80. The van der Waals surface area contributed by atoms with Crippen molar-refractivity contribution >= 4 is 27.8 Å². The Morgan fingerprint density at radius 2 is 1.79 bits per heavy atom. The molecular weight excluding hydrogens is 414 g/mol. The first-order valence-electron chi connectivity index (χ1n) is 8.83. The van der Waals surface area contributed by atoms with E-state index in [4.69, 9.17) is 13.7 Å². The summed E-state index contributed by atoms with van der Waals surface area (Å²) in [5.74, 6) is 0.632. The molecule has 0 spiro atoms. The number of carbonyl (C=O) groups is 1. The van der Waals surface area contributed by atoms with Crippen LogP contribution in [0.5, 0.6) is 11.5 Å². The van der Waals surface area contributed by atoms with Gasteiger partial charge in [-0.05, 0) is 29.8 Å². The first-order valence-corrected chi connectivity index (χ1v) is 11.6. The number of nitrogens with zero attached hydrogens (tertiary/aromatic N) is 1. The van der Waals surface area contributed by atoms with Gasteiger partial charge in [-0.3, -0.25) is 4.79 Å². The number of ether oxygens (including phenoxy) is 2. The maximum absolute atomic E-state index is 12.8. The van der Waals surface area contributed by atoms with E-state index in [9.17, 15) is 13.2 Å². The number of amides is 1. The van der Waals surface area contributed by atoms with Gasteiger partial charge in [-0.25, -0.2) is 0 Å². The molecule has 0 atom stereocenters. The van der Waals surface area contributed by atoms with Crippen molar-refractivity contribution in [3.05, 3.63) is 54.1 Å². The number of benzene rings is 2. The highest BCUT2D eigenvalue weighted by Gasteiger charge is 2.17. The molecular formula is C20H25NO6S2. The molecule has 0 N–H and O–H groups in total. The zero-order valence-electron chi connectivity index (χ0n) is 16.7. The van der Waals surface area contributed by atoms with E-state index in [2.05, 4.69) is 0 Å². The maximum Gasteiger partial charge on any atom is 0.306 e. The van der Waals surface area contributed by atoms with Crippen LogP contribution >= 0.6 is 11.8 Å². The van der Waals surface area contributed by atoms with E-state index in [1.54, 1.807) is 30.2 Å². The molecule has 0 aliphatic heterocycles. The number of hydrogen-bond acceptors (Lipinski definition) is 7. The lowest BCUT2D eigenvalue weighted by molar-refractivity contribution is -0.129. The third-order valence-electron chi connectivity index (χ3n) is 3.87. The monoisotopic (exact) mass is 439 g/mol. The SMILES string of the molecule is COCCN(Cc1ccc(OC)c(OS(C)(=O)=O)c1)C(=O)CSc1ccccc1. The Kier molecular flexibility index (Phi) is 8.81. The molecule has 9 heteroatoms. The van der Waals surface area contributed by atoms with Gasteiger partial charge in [-0.1, -0.05) is 24.3 Å². The molecule has 0 heterocycles. The van der Waals surface area contributed by atoms with E-state index in [-0.39, 0.29) is 17.4 Å². The number of thioether (sulfide) groups is 1. The number of methoxy groups -OCH3 is 2. The standard InChI is InChI=1S/C20H25NO6S2/c1-25-12-11-21(20(22)15-28-17-7-5-4-6-8-17)14-16-9-10-18(26-2)19(13-16)27-29(3,23)24/h4-10,13H,11-12,14-15H2,1-3H3. The van der Waals surface area contributed by atoms with E-state index in [1.165, 1.54) is 18.9 Å². The smallest absolute Gasteiger partial charge is 0.306 e. The Hall–Kier alpha value is -2.23. The minimum Gasteiger partial charge on any atom is -0.493 e. The molecule has 7 nitrogen and oxygen atoms in total. The lowest BCUT2D eigenvalue weighted by Crippen LogP contribution is -2.34. The van der Waals surface area contributed by atoms with Crippen LogP contribution in [0, 0.1) is 0 Å². The van der Waals surface area contributed by atoms with E-state index < -0.39 is 10.1 Å². The van der Waals surface area contributed by atoms with Gasteiger partial charge in [0.05, 0.1) is 25.7 Å². The third-order valence-corrected chi connectivity index (χ3v) is 5.35. The predicted molar refractivity (Wildman–Crippen MR) is 113 cm³/mol. The van der Waals surface area contributed by atoms with Gasteiger partial charge in [-0.15, -0.1) is 11.8 Å². The van der Waals surface area contributed by atoms with Gasteiger partial charge in [0.25, 0.3) is 0 Å². The van der Waals surface area contributed by atoms with Crippen LogP contribution in [0.3, 0.4) is 0 Å². The summed E-state index contributed by atoms with van der Waals surface area (Å²) >= 11 is 1.46. The van der Waals surface area contributed by atoms with Crippen molar-refractivity contribution in [2.24, 2.45) is 0 Å². The average Bonchev–Trinajstić information content (AvgIpc) is 2.69. The molecule has 1 amide bonds. The molecule has 2 aromatic carbocycles. The van der Waals surface area contributed by atoms with Crippen LogP contribution in [0.1, 0.15) is 5.56 Å². The summed E-state index contributed by atoms with van der Waals surface area (Å²) in [4.78, 5) is 15.4. The highest BCUT2D eigenvalue weighted by atomic mass is 32.2. The quantitative estimate of drug-likeness (QED) is 0.393. The largest absolute Gasteiger partial charge is 0.493 e. The molecule has 0 unspecified atom stereocenters. The molecule has 0 radical (unpaired) electrons. The third kappa shape index (κ3) is 7.96. The first kappa shape index (κ1) is 23.1. The van der Waals surface area contributed by atoms with Crippen LogP contribution in [0.25, 0.3) is 0 Å². The van der Waals surface area contributed by atoms with Crippen LogP contribution < -0.4 is 8.92 Å². The Labute approximate surface area is 176 Å². The van der Waals surface area contributed by atoms with E-state index in [0.29, 0.717) is 25.4 Å². The van der Waals surface area contributed by atoms with Crippen LogP contribution in [0.15, 0.2) is 53.4 Å². The van der Waals surface area contributed by atoms with Crippen LogP contribution in [0.2, 0.25) is 0 Å². The Morgan fingerprint density at radius 3 is 2.41 bits per heavy atom. The molecule has 2 rings (SSSR count). The van der Waals surface area contributed by atoms with Gasteiger partial charge < -0.3 is 18.6 Å². The fraction of sp³-hybridized carbons (Fsp3) is 0.350. The second-order valence-corrected chi connectivity index (χ2v) is 8.81. The molecule has 0 aliphatic carbocycles. The molecule has 0 bridgehead atoms. The average molecular weight is 440 g/mol. The van der Waals surface area contributed by atoms with E-state index in [0.717, 1.165) is 16.7 Å². The summed E-state index contributed by atoms with van der Waals surface area (Å²) in [5.41, 5.74) is 0.721. The minimum atomic E-state index is -3.71. The topological polar surface area (TPSA) is 82.1 Å². The van der Waals surface area contributed by atoms with Gasteiger partial charge in [0.1, 0.15) is 0 Å². The maximum atomic E-state index is 12.8. The second kappa shape index (κ2) is 11.1. The van der Waals surface area contributed by atoms with Crippen LogP contribution in [-0.4, -0.2) is 58.6 Å². The van der Waals surface area contributed by atoms with Crippen molar-refractivity contribution in [1.29, 1.82) is 0 Å². The van der Waals surface area contributed by atoms with Crippen LogP contribution in [0.4, 0.5) is 0 Å². The van der Waals surface area contributed by atoms with Crippen molar-refractivity contribution in [3.63, 3.8) is 0 Å². The summed E-state index contributed by atoms with van der Waals surface area (Å²) in [5, 5.41) is 0. The van der Waals surface area contributed by atoms with Gasteiger partial charge in [0.15, 0.2) is 11.5 Å². The minimum absolute atomic E-state index is 0.0442. The first-order chi connectivity index (χ1) is 13.8. The van der Waals surface area contributed by atoms with Crippen molar-refractivity contribution in [1.82, 2.24) is 4.90 Å². The van der Waals surface area contributed by atoms with E-state index in [1.807, 2.05) is 30.3 Å². The Bertz CT molecular complexity index is 902. The Balaban J connectivity index is 2.13.